The fourth-order valence-corrected chi connectivity index (χ4v) is 2.86. The van der Waals surface area contributed by atoms with Crippen LogP contribution in [0.2, 0.25) is 0 Å². The minimum absolute atomic E-state index is 0.534. The molecule has 1 atom stereocenters. The number of aromatic nitrogens is 2. The Balaban J connectivity index is 1.49. The molecule has 0 spiro atoms. The number of hydrogen-bond donors (Lipinski definition) is 1. The monoisotopic (exact) mass is 282 g/mol. The molecule has 110 valence electrons. The Morgan fingerprint density at radius 2 is 1.90 bits per heavy atom. The van der Waals surface area contributed by atoms with Crippen LogP contribution < -0.4 is 5.32 Å². The highest BCUT2D eigenvalue weighted by Gasteiger charge is 2.19. The number of nitrogens with one attached hydrogen (secondary N) is 1. The highest BCUT2D eigenvalue weighted by molar-refractivity contribution is 5.14. The molecule has 2 aromatic rings. The summed E-state index contributed by atoms with van der Waals surface area (Å²) >= 11 is 0. The lowest BCUT2D eigenvalue weighted by Crippen LogP contribution is -2.45. The number of likely N-dealkylation sites (tertiary alicyclic amines) is 1. The summed E-state index contributed by atoms with van der Waals surface area (Å²) in [5.41, 5.74) is 1.39. The standard InChI is InChI=1S/C17H22N4/c1-2-6-15(7-3-1)13-21-11-4-8-16(14-21)20-12-17-18-9-5-10-19-17/h1-3,5-7,9-10,16,20H,4,8,11-14H2. The summed E-state index contributed by atoms with van der Waals surface area (Å²) in [7, 11) is 0. The van der Waals surface area contributed by atoms with Gasteiger partial charge in [0.05, 0.1) is 6.54 Å². The van der Waals surface area contributed by atoms with Crippen LogP contribution in [0.15, 0.2) is 48.8 Å². The third kappa shape index (κ3) is 4.34. The van der Waals surface area contributed by atoms with Gasteiger partial charge in [0.25, 0.3) is 0 Å². The number of nitrogens with zero attached hydrogens (tertiary/aromatic N) is 3. The lowest BCUT2D eigenvalue weighted by molar-refractivity contribution is 0.182. The van der Waals surface area contributed by atoms with Crippen LogP contribution in [0.25, 0.3) is 0 Å². The summed E-state index contributed by atoms with van der Waals surface area (Å²) in [4.78, 5) is 11.1. The van der Waals surface area contributed by atoms with Gasteiger partial charge in [0.15, 0.2) is 0 Å². The molecule has 1 unspecified atom stereocenters. The molecule has 1 aromatic carbocycles. The minimum Gasteiger partial charge on any atom is -0.306 e. The second-order valence-corrected chi connectivity index (χ2v) is 5.61. The Labute approximate surface area is 126 Å². The van der Waals surface area contributed by atoms with Crippen molar-refractivity contribution in [2.45, 2.75) is 32.0 Å². The molecule has 0 bridgehead atoms. The Kier molecular flexibility index (Phi) is 4.92. The zero-order valence-electron chi connectivity index (χ0n) is 12.3. The van der Waals surface area contributed by atoms with Crippen LogP contribution in [-0.4, -0.2) is 34.0 Å². The third-order valence-electron chi connectivity index (χ3n) is 3.92. The van der Waals surface area contributed by atoms with Crippen molar-refractivity contribution in [2.24, 2.45) is 0 Å². The maximum atomic E-state index is 4.26. The van der Waals surface area contributed by atoms with Crippen molar-refractivity contribution in [1.29, 1.82) is 0 Å². The fourth-order valence-electron chi connectivity index (χ4n) is 2.86. The molecule has 0 saturated carbocycles. The molecular weight excluding hydrogens is 260 g/mol. The summed E-state index contributed by atoms with van der Waals surface area (Å²) < 4.78 is 0. The van der Waals surface area contributed by atoms with E-state index in [1.807, 2.05) is 6.07 Å². The van der Waals surface area contributed by atoms with Crippen LogP contribution in [0.3, 0.4) is 0 Å². The van der Waals surface area contributed by atoms with Gasteiger partial charge in [0, 0.05) is 31.5 Å². The number of benzene rings is 1. The van der Waals surface area contributed by atoms with Crippen molar-refractivity contribution in [3.63, 3.8) is 0 Å². The van der Waals surface area contributed by atoms with Gasteiger partial charge in [-0.25, -0.2) is 9.97 Å². The molecular formula is C17H22N4. The molecule has 3 rings (SSSR count). The van der Waals surface area contributed by atoms with Crippen molar-refractivity contribution in [3.8, 4) is 0 Å². The molecule has 21 heavy (non-hydrogen) atoms. The summed E-state index contributed by atoms with van der Waals surface area (Å²) in [5.74, 6) is 0.873. The normalized spacial score (nSPS) is 19.5. The topological polar surface area (TPSA) is 41.0 Å². The molecule has 1 aliphatic heterocycles. The maximum absolute atomic E-state index is 4.26. The Morgan fingerprint density at radius 3 is 2.71 bits per heavy atom. The van der Waals surface area contributed by atoms with Gasteiger partial charge >= 0.3 is 0 Å². The van der Waals surface area contributed by atoms with Gasteiger partial charge in [-0.2, -0.15) is 0 Å². The average Bonchev–Trinajstić information content (AvgIpc) is 2.55. The van der Waals surface area contributed by atoms with Gasteiger partial charge in [0.2, 0.25) is 0 Å². The van der Waals surface area contributed by atoms with Gasteiger partial charge in [0.1, 0.15) is 5.82 Å². The van der Waals surface area contributed by atoms with E-state index in [-0.39, 0.29) is 0 Å². The lowest BCUT2D eigenvalue weighted by atomic mass is 10.0. The predicted octanol–water partition coefficient (Wildman–Crippen LogP) is 2.23. The summed E-state index contributed by atoms with van der Waals surface area (Å²) in [5, 5.41) is 3.59. The van der Waals surface area contributed by atoms with Gasteiger partial charge < -0.3 is 5.32 Å². The molecule has 1 aliphatic rings. The molecule has 1 saturated heterocycles. The first-order valence-corrected chi connectivity index (χ1v) is 7.66. The first-order chi connectivity index (χ1) is 10.4. The average molecular weight is 282 g/mol. The minimum atomic E-state index is 0.534. The molecule has 1 fully saturated rings. The highest BCUT2D eigenvalue weighted by Crippen LogP contribution is 2.13. The zero-order chi connectivity index (χ0) is 14.3. The lowest BCUT2D eigenvalue weighted by Gasteiger charge is -2.33. The largest absolute Gasteiger partial charge is 0.306 e. The Hall–Kier alpha value is -1.78. The Morgan fingerprint density at radius 1 is 1.10 bits per heavy atom. The molecule has 0 aliphatic carbocycles. The highest BCUT2D eigenvalue weighted by atomic mass is 15.2. The van der Waals surface area contributed by atoms with Gasteiger partial charge in [-0.1, -0.05) is 30.3 Å². The van der Waals surface area contributed by atoms with Crippen LogP contribution >= 0.6 is 0 Å². The maximum Gasteiger partial charge on any atom is 0.141 e. The van der Waals surface area contributed by atoms with E-state index in [1.165, 1.54) is 24.9 Å². The van der Waals surface area contributed by atoms with E-state index in [2.05, 4.69) is 50.5 Å². The number of piperidine rings is 1. The quantitative estimate of drug-likeness (QED) is 0.913. The van der Waals surface area contributed by atoms with Crippen LogP contribution in [0.5, 0.6) is 0 Å². The van der Waals surface area contributed by atoms with Crippen LogP contribution in [0.1, 0.15) is 24.2 Å². The first-order valence-electron chi connectivity index (χ1n) is 7.66. The van der Waals surface area contributed by atoms with E-state index < -0.39 is 0 Å². The second kappa shape index (κ2) is 7.29. The summed E-state index contributed by atoms with van der Waals surface area (Å²) in [6.45, 7) is 4.09. The van der Waals surface area contributed by atoms with E-state index in [0.717, 1.165) is 25.5 Å². The predicted molar refractivity (Wildman–Crippen MR) is 83.6 cm³/mol. The van der Waals surface area contributed by atoms with E-state index in [0.29, 0.717) is 6.04 Å². The van der Waals surface area contributed by atoms with Crippen molar-refractivity contribution >= 4 is 0 Å². The number of rotatable bonds is 5. The number of hydrogen-bond acceptors (Lipinski definition) is 4. The molecule has 1 N–H and O–H groups in total. The van der Waals surface area contributed by atoms with Crippen molar-refractivity contribution in [3.05, 3.63) is 60.2 Å². The smallest absolute Gasteiger partial charge is 0.141 e. The van der Waals surface area contributed by atoms with E-state index in [1.54, 1.807) is 12.4 Å². The fraction of sp³-hybridized carbons (Fsp3) is 0.412. The summed E-state index contributed by atoms with van der Waals surface area (Å²) in [6.07, 6.45) is 6.08. The van der Waals surface area contributed by atoms with E-state index in [4.69, 9.17) is 0 Å². The Bertz CT molecular complexity index is 529. The zero-order valence-corrected chi connectivity index (χ0v) is 12.3. The SMILES string of the molecule is c1ccc(CN2CCCC(NCc3ncccn3)C2)cc1. The molecule has 0 radical (unpaired) electrons. The second-order valence-electron chi connectivity index (χ2n) is 5.61. The molecule has 0 amide bonds. The van der Waals surface area contributed by atoms with Gasteiger partial charge in [-0.15, -0.1) is 0 Å². The van der Waals surface area contributed by atoms with E-state index >= 15 is 0 Å². The van der Waals surface area contributed by atoms with Gasteiger partial charge in [-0.3, -0.25) is 4.90 Å². The van der Waals surface area contributed by atoms with Crippen LogP contribution in [0.4, 0.5) is 0 Å². The third-order valence-corrected chi connectivity index (χ3v) is 3.92. The summed E-state index contributed by atoms with van der Waals surface area (Å²) in [6, 6.07) is 13.1. The van der Waals surface area contributed by atoms with Crippen LogP contribution in [0, 0.1) is 0 Å². The van der Waals surface area contributed by atoms with Crippen molar-refractivity contribution < 1.29 is 0 Å². The molecule has 2 heterocycles. The molecule has 4 heteroatoms. The van der Waals surface area contributed by atoms with E-state index in [9.17, 15) is 0 Å². The molecule has 4 nitrogen and oxygen atoms in total. The van der Waals surface area contributed by atoms with Gasteiger partial charge in [-0.05, 0) is 31.0 Å². The molecule has 1 aromatic heterocycles. The van der Waals surface area contributed by atoms with Crippen molar-refractivity contribution in [2.75, 3.05) is 13.1 Å². The van der Waals surface area contributed by atoms with Crippen LogP contribution in [-0.2, 0) is 13.1 Å². The van der Waals surface area contributed by atoms with Crippen molar-refractivity contribution in [1.82, 2.24) is 20.2 Å². The first kappa shape index (κ1) is 14.2.